The Bertz CT molecular complexity index is 1040. The van der Waals surface area contributed by atoms with Crippen molar-refractivity contribution in [1.82, 2.24) is 15.1 Å². The van der Waals surface area contributed by atoms with Crippen molar-refractivity contribution in [2.75, 3.05) is 19.6 Å². The number of amides is 2. The Hall–Kier alpha value is -2.57. The van der Waals surface area contributed by atoms with Crippen LogP contribution in [0.2, 0.25) is 5.02 Å². The fourth-order valence-electron chi connectivity index (χ4n) is 5.57. The maximum Gasteiger partial charge on any atom is 0.251 e. The van der Waals surface area contributed by atoms with Gasteiger partial charge < -0.3 is 19.9 Å². The van der Waals surface area contributed by atoms with Crippen LogP contribution in [0.5, 0.6) is 11.5 Å². The lowest BCUT2D eigenvalue weighted by Crippen LogP contribution is -2.47. The fraction of sp³-hybridized carbons (Fsp3) is 0.500. The summed E-state index contributed by atoms with van der Waals surface area (Å²) in [5, 5.41) is 3.87. The van der Waals surface area contributed by atoms with E-state index in [0.29, 0.717) is 35.1 Å². The second kappa shape index (κ2) is 11.0. The van der Waals surface area contributed by atoms with Gasteiger partial charge in [-0.25, -0.2) is 0 Å². The summed E-state index contributed by atoms with van der Waals surface area (Å²) in [6.07, 6.45) is 8.80. The van der Waals surface area contributed by atoms with Crippen LogP contribution in [0, 0.1) is 0 Å². The second-order valence-electron chi connectivity index (χ2n) is 10.0. The van der Waals surface area contributed by atoms with Crippen LogP contribution in [0.1, 0.15) is 67.3 Å². The molecule has 0 unspecified atom stereocenters. The lowest BCUT2D eigenvalue weighted by atomic mass is 10.0. The molecule has 6 nitrogen and oxygen atoms in total. The first-order valence-corrected chi connectivity index (χ1v) is 13.3. The third-order valence-electron chi connectivity index (χ3n) is 7.61. The zero-order valence-corrected chi connectivity index (χ0v) is 20.9. The zero-order valence-electron chi connectivity index (χ0n) is 20.2. The molecule has 35 heavy (non-hydrogen) atoms. The van der Waals surface area contributed by atoms with Gasteiger partial charge in [0.05, 0.1) is 0 Å². The van der Waals surface area contributed by atoms with E-state index in [2.05, 4.69) is 10.2 Å². The summed E-state index contributed by atoms with van der Waals surface area (Å²) in [5.74, 6) is 1.32. The maximum absolute atomic E-state index is 13.1. The predicted octanol–water partition coefficient (Wildman–Crippen LogP) is 5.39. The van der Waals surface area contributed by atoms with Gasteiger partial charge in [0, 0.05) is 60.8 Å². The van der Waals surface area contributed by atoms with E-state index in [9.17, 15) is 9.59 Å². The Morgan fingerprint density at radius 2 is 1.71 bits per heavy atom. The number of nitrogens with one attached hydrogen (secondary N) is 1. The van der Waals surface area contributed by atoms with Crippen LogP contribution in [0.25, 0.3) is 0 Å². The average molecular weight is 496 g/mol. The molecule has 3 aliphatic rings. The van der Waals surface area contributed by atoms with Crippen molar-refractivity contribution in [3.63, 3.8) is 0 Å². The molecule has 0 spiro atoms. The average Bonchev–Trinajstić information content (AvgIpc) is 3.54. The third-order valence-corrected chi connectivity index (χ3v) is 7.86. The molecule has 2 aromatic carbocycles. The fourth-order valence-corrected chi connectivity index (χ4v) is 5.70. The van der Waals surface area contributed by atoms with E-state index in [1.807, 2.05) is 17.0 Å². The minimum Gasteiger partial charge on any atom is -0.457 e. The molecule has 0 aromatic heterocycles. The molecule has 5 rings (SSSR count). The molecule has 3 fully saturated rings. The molecule has 1 N–H and O–H groups in total. The van der Waals surface area contributed by atoms with Crippen molar-refractivity contribution < 1.29 is 14.3 Å². The van der Waals surface area contributed by atoms with Gasteiger partial charge in [0.25, 0.3) is 5.91 Å². The van der Waals surface area contributed by atoms with Gasteiger partial charge in [0.1, 0.15) is 11.5 Å². The molecule has 1 aliphatic carbocycles. The number of nitrogens with zero attached hydrogens (tertiary/aromatic N) is 2. The van der Waals surface area contributed by atoms with E-state index >= 15 is 0 Å². The van der Waals surface area contributed by atoms with E-state index in [0.717, 1.165) is 50.5 Å². The van der Waals surface area contributed by atoms with Crippen molar-refractivity contribution in [3.8, 4) is 11.5 Å². The van der Waals surface area contributed by atoms with E-state index in [4.69, 9.17) is 16.3 Å². The van der Waals surface area contributed by atoms with Crippen LogP contribution in [0.15, 0.2) is 42.5 Å². The minimum absolute atomic E-state index is 0.0749. The van der Waals surface area contributed by atoms with Crippen LogP contribution in [-0.2, 0) is 11.3 Å². The highest BCUT2D eigenvalue weighted by Gasteiger charge is 2.28. The molecule has 0 atom stereocenters. The van der Waals surface area contributed by atoms with Gasteiger partial charge >= 0.3 is 0 Å². The van der Waals surface area contributed by atoms with E-state index in [-0.39, 0.29) is 17.9 Å². The summed E-state index contributed by atoms with van der Waals surface area (Å²) in [4.78, 5) is 29.8. The Morgan fingerprint density at radius 1 is 0.971 bits per heavy atom. The van der Waals surface area contributed by atoms with Gasteiger partial charge in [-0.15, -0.1) is 0 Å². The Labute approximate surface area is 212 Å². The lowest BCUT2D eigenvalue weighted by Gasteiger charge is -2.36. The largest absolute Gasteiger partial charge is 0.457 e. The van der Waals surface area contributed by atoms with Crippen molar-refractivity contribution in [2.45, 2.75) is 70.0 Å². The van der Waals surface area contributed by atoms with Crippen LogP contribution in [-0.4, -0.2) is 53.3 Å². The first-order chi connectivity index (χ1) is 17.0. The lowest BCUT2D eigenvalue weighted by molar-refractivity contribution is -0.128. The standard InChI is InChI=1S/C28H34ClN3O3/c29-22-9-11-25(12-10-22)35-26-18-20(7-8-21(26)19-32-15-3-6-27(32)33)28(34)30-23-13-16-31(17-14-23)24-4-1-2-5-24/h7-12,18,23-24H,1-6,13-17,19H2,(H,30,34). The molecule has 7 heteroatoms. The normalized spacial score (nSPS) is 19.9. The van der Waals surface area contributed by atoms with Gasteiger partial charge in [-0.3, -0.25) is 9.59 Å². The molecule has 2 saturated heterocycles. The first kappa shape index (κ1) is 24.1. The smallest absolute Gasteiger partial charge is 0.251 e. The Balaban J connectivity index is 1.27. The third kappa shape index (κ3) is 5.99. The number of carbonyl (C=O) groups is 2. The summed E-state index contributed by atoms with van der Waals surface area (Å²) in [5.41, 5.74) is 1.46. The zero-order chi connectivity index (χ0) is 24.2. The monoisotopic (exact) mass is 495 g/mol. The summed E-state index contributed by atoms with van der Waals surface area (Å²) in [7, 11) is 0. The SMILES string of the molecule is O=C(NC1CCN(C2CCCC2)CC1)c1ccc(CN2CCCC2=O)c(Oc2ccc(Cl)cc2)c1. The molecule has 2 aliphatic heterocycles. The van der Waals surface area contributed by atoms with Gasteiger partial charge in [-0.1, -0.05) is 30.5 Å². The highest BCUT2D eigenvalue weighted by molar-refractivity contribution is 6.30. The van der Waals surface area contributed by atoms with Crippen molar-refractivity contribution in [3.05, 3.63) is 58.6 Å². The molecule has 2 aromatic rings. The molecule has 2 heterocycles. The van der Waals surface area contributed by atoms with Crippen molar-refractivity contribution >= 4 is 23.4 Å². The van der Waals surface area contributed by atoms with Gasteiger partial charge in [0.15, 0.2) is 0 Å². The van der Waals surface area contributed by atoms with Crippen LogP contribution in [0.3, 0.4) is 0 Å². The Kier molecular flexibility index (Phi) is 7.59. The highest BCUT2D eigenvalue weighted by Crippen LogP contribution is 2.30. The highest BCUT2D eigenvalue weighted by atomic mass is 35.5. The molecule has 1 saturated carbocycles. The maximum atomic E-state index is 13.1. The quantitative estimate of drug-likeness (QED) is 0.559. The molecule has 2 amide bonds. The van der Waals surface area contributed by atoms with E-state index in [1.54, 1.807) is 30.3 Å². The Morgan fingerprint density at radius 3 is 2.40 bits per heavy atom. The molecule has 0 bridgehead atoms. The number of rotatable bonds is 7. The van der Waals surface area contributed by atoms with Crippen molar-refractivity contribution in [1.29, 1.82) is 0 Å². The summed E-state index contributed by atoms with van der Waals surface area (Å²) >= 11 is 6.02. The second-order valence-corrected chi connectivity index (χ2v) is 10.5. The summed E-state index contributed by atoms with van der Waals surface area (Å²) < 4.78 is 6.18. The molecule has 0 radical (unpaired) electrons. The van der Waals surface area contributed by atoms with Crippen LogP contribution in [0.4, 0.5) is 0 Å². The van der Waals surface area contributed by atoms with Gasteiger partial charge in [0.2, 0.25) is 5.91 Å². The first-order valence-electron chi connectivity index (χ1n) is 12.9. The van der Waals surface area contributed by atoms with Crippen molar-refractivity contribution in [2.24, 2.45) is 0 Å². The number of carbonyl (C=O) groups excluding carboxylic acids is 2. The van der Waals surface area contributed by atoms with Gasteiger partial charge in [-0.2, -0.15) is 0 Å². The molecular weight excluding hydrogens is 462 g/mol. The van der Waals surface area contributed by atoms with Crippen LogP contribution >= 0.6 is 11.6 Å². The number of piperidine rings is 1. The number of benzene rings is 2. The molecule has 186 valence electrons. The number of likely N-dealkylation sites (tertiary alicyclic amines) is 2. The topological polar surface area (TPSA) is 61.9 Å². The minimum atomic E-state index is -0.0749. The summed E-state index contributed by atoms with van der Waals surface area (Å²) in [6, 6.07) is 13.6. The number of hydrogen-bond acceptors (Lipinski definition) is 4. The van der Waals surface area contributed by atoms with Crippen LogP contribution < -0.4 is 10.1 Å². The van der Waals surface area contributed by atoms with Gasteiger partial charge in [-0.05, 0) is 68.5 Å². The summed E-state index contributed by atoms with van der Waals surface area (Å²) in [6.45, 7) is 3.34. The van der Waals surface area contributed by atoms with E-state index in [1.165, 1.54) is 25.7 Å². The van der Waals surface area contributed by atoms with E-state index < -0.39 is 0 Å². The molecular formula is C28H34ClN3O3. The number of ether oxygens (including phenoxy) is 1. The predicted molar refractivity (Wildman–Crippen MR) is 137 cm³/mol. The number of halogens is 1. The number of hydrogen-bond donors (Lipinski definition) is 1.